The van der Waals surface area contributed by atoms with Crippen molar-refractivity contribution in [2.24, 2.45) is 5.92 Å². The van der Waals surface area contributed by atoms with E-state index in [0.29, 0.717) is 0 Å². The highest BCUT2D eigenvalue weighted by molar-refractivity contribution is 5.22. The van der Waals surface area contributed by atoms with E-state index in [0.717, 1.165) is 12.0 Å². The molecule has 0 spiro atoms. The third-order valence-corrected chi connectivity index (χ3v) is 4.64. The molecule has 1 aromatic carbocycles. The smallest absolute Gasteiger partial charge is 0.00728 e. The van der Waals surface area contributed by atoms with E-state index in [9.17, 15) is 0 Å². The number of aryl methyl sites for hydroxylation is 2. The van der Waals surface area contributed by atoms with Crippen molar-refractivity contribution >= 4 is 0 Å². The van der Waals surface area contributed by atoms with Crippen LogP contribution in [0.4, 0.5) is 0 Å². The third kappa shape index (κ3) is 5.28. The average molecular weight is 273 g/mol. The van der Waals surface area contributed by atoms with E-state index in [1.807, 2.05) is 0 Å². The second-order valence-electron chi connectivity index (χ2n) is 6.56. The molecule has 1 aliphatic rings. The number of hydrogen-bond donors (Lipinski definition) is 1. The minimum absolute atomic E-state index is 0.721. The maximum Gasteiger partial charge on any atom is 0.00728 e. The minimum atomic E-state index is 0.721. The van der Waals surface area contributed by atoms with E-state index in [4.69, 9.17) is 0 Å². The topological polar surface area (TPSA) is 12.0 Å². The molecular weight excluding hydrogens is 242 g/mol. The fourth-order valence-electron chi connectivity index (χ4n) is 3.51. The highest BCUT2D eigenvalue weighted by Gasteiger charge is 2.19. The van der Waals surface area contributed by atoms with Crippen LogP contribution in [0.25, 0.3) is 0 Å². The quantitative estimate of drug-likeness (QED) is 0.712. The molecule has 1 nitrogen and oxygen atoms in total. The Balaban J connectivity index is 1.82. The molecule has 1 aromatic rings. The van der Waals surface area contributed by atoms with E-state index in [-0.39, 0.29) is 0 Å². The SMILES string of the molecule is CCCNC(CCc1cccc(C)c1)CC1CCCC1. The highest BCUT2D eigenvalue weighted by Crippen LogP contribution is 2.29. The van der Waals surface area contributed by atoms with Crippen LogP contribution in [0.5, 0.6) is 0 Å². The van der Waals surface area contributed by atoms with Gasteiger partial charge in [0.25, 0.3) is 0 Å². The first-order valence-corrected chi connectivity index (χ1v) is 8.57. The van der Waals surface area contributed by atoms with Crippen LogP contribution in [-0.4, -0.2) is 12.6 Å². The van der Waals surface area contributed by atoms with Crippen LogP contribution >= 0.6 is 0 Å². The first-order valence-electron chi connectivity index (χ1n) is 8.57. The van der Waals surface area contributed by atoms with Gasteiger partial charge in [-0.3, -0.25) is 0 Å². The van der Waals surface area contributed by atoms with Gasteiger partial charge in [-0.15, -0.1) is 0 Å². The predicted molar refractivity (Wildman–Crippen MR) is 88.2 cm³/mol. The Bertz CT molecular complexity index is 379. The first kappa shape index (κ1) is 15.6. The van der Waals surface area contributed by atoms with Gasteiger partial charge in [0, 0.05) is 6.04 Å². The summed E-state index contributed by atoms with van der Waals surface area (Å²) in [6.07, 6.45) is 11.0. The van der Waals surface area contributed by atoms with Crippen LogP contribution in [0.15, 0.2) is 24.3 Å². The molecule has 1 saturated carbocycles. The van der Waals surface area contributed by atoms with Gasteiger partial charge in [0.15, 0.2) is 0 Å². The second kappa shape index (κ2) is 8.46. The summed E-state index contributed by atoms with van der Waals surface area (Å²) < 4.78 is 0. The highest BCUT2D eigenvalue weighted by atomic mass is 14.9. The summed E-state index contributed by atoms with van der Waals surface area (Å²) in [4.78, 5) is 0. The average Bonchev–Trinajstić information content (AvgIpc) is 2.95. The Labute approximate surface area is 125 Å². The Kier molecular flexibility index (Phi) is 6.59. The summed E-state index contributed by atoms with van der Waals surface area (Å²) in [6.45, 7) is 5.63. The van der Waals surface area contributed by atoms with Crippen LogP contribution in [0.1, 0.15) is 63.0 Å². The summed E-state index contributed by atoms with van der Waals surface area (Å²) in [6, 6.07) is 9.72. The van der Waals surface area contributed by atoms with Crippen molar-refractivity contribution < 1.29 is 0 Å². The standard InChI is InChI=1S/C19H31N/c1-3-13-20-19(15-17-8-4-5-9-17)12-11-18-10-6-7-16(2)14-18/h6-7,10,14,17,19-20H,3-5,8-9,11-13,15H2,1-2H3. The minimum Gasteiger partial charge on any atom is -0.314 e. The zero-order valence-electron chi connectivity index (χ0n) is 13.3. The molecule has 1 aliphatic carbocycles. The van der Waals surface area contributed by atoms with Crippen molar-refractivity contribution in [1.29, 1.82) is 0 Å². The fourth-order valence-corrected chi connectivity index (χ4v) is 3.51. The van der Waals surface area contributed by atoms with Crippen molar-refractivity contribution in [3.05, 3.63) is 35.4 Å². The van der Waals surface area contributed by atoms with Crippen LogP contribution in [0.3, 0.4) is 0 Å². The van der Waals surface area contributed by atoms with Gasteiger partial charge in [0.1, 0.15) is 0 Å². The zero-order chi connectivity index (χ0) is 14.2. The summed E-state index contributed by atoms with van der Waals surface area (Å²) >= 11 is 0. The van der Waals surface area contributed by atoms with Gasteiger partial charge in [-0.25, -0.2) is 0 Å². The van der Waals surface area contributed by atoms with E-state index >= 15 is 0 Å². The summed E-state index contributed by atoms with van der Waals surface area (Å²) in [7, 11) is 0. The van der Waals surface area contributed by atoms with E-state index in [1.54, 1.807) is 0 Å². The largest absolute Gasteiger partial charge is 0.314 e. The van der Waals surface area contributed by atoms with Crippen LogP contribution in [-0.2, 0) is 6.42 Å². The summed E-state index contributed by atoms with van der Waals surface area (Å²) in [5.41, 5.74) is 2.89. The summed E-state index contributed by atoms with van der Waals surface area (Å²) in [5.74, 6) is 0.988. The third-order valence-electron chi connectivity index (χ3n) is 4.64. The molecule has 2 rings (SSSR count). The Morgan fingerprint density at radius 1 is 1.25 bits per heavy atom. The number of nitrogens with one attached hydrogen (secondary N) is 1. The lowest BCUT2D eigenvalue weighted by Gasteiger charge is -2.22. The molecule has 1 N–H and O–H groups in total. The lowest BCUT2D eigenvalue weighted by molar-refractivity contribution is 0.371. The van der Waals surface area contributed by atoms with Gasteiger partial charge in [-0.05, 0) is 50.6 Å². The van der Waals surface area contributed by atoms with E-state index < -0.39 is 0 Å². The Morgan fingerprint density at radius 2 is 2.05 bits per heavy atom. The Morgan fingerprint density at radius 3 is 2.75 bits per heavy atom. The molecule has 1 heteroatoms. The van der Waals surface area contributed by atoms with Crippen molar-refractivity contribution in [2.75, 3.05) is 6.54 Å². The van der Waals surface area contributed by atoms with Gasteiger partial charge in [-0.1, -0.05) is 62.4 Å². The molecule has 0 saturated heterocycles. The van der Waals surface area contributed by atoms with Crippen LogP contribution in [0.2, 0.25) is 0 Å². The van der Waals surface area contributed by atoms with Gasteiger partial charge in [0.2, 0.25) is 0 Å². The molecular formula is C19H31N. The molecule has 0 heterocycles. The van der Waals surface area contributed by atoms with E-state index in [1.165, 1.54) is 69.0 Å². The van der Waals surface area contributed by atoms with Gasteiger partial charge in [0.05, 0.1) is 0 Å². The molecule has 1 unspecified atom stereocenters. The molecule has 0 bridgehead atoms. The second-order valence-corrected chi connectivity index (χ2v) is 6.56. The first-order chi connectivity index (χ1) is 9.78. The molecule has 112 valence electrons. The van der Waals surface area contributed by atoms with Gasteiger partial charge >= 0.3 is 0 Å². The van der Waals surface area contributed by atoms with Crippen LogP contribution in [0, 0.1) is 12.8 Å². The van der Waals surface area contributed by atoms with Crippen molar-refractivity contribution in [3.8, 4) is 0 Å². The van der Waals surface area contributed by atoms with Gasteiger partial charge in [-0.2, -0.15) is 0 Å². The normalized spacial score (nSPS) is 17.5. The molecule has 1 fully saturated rings. The molecule has 1 atom stereocenters. The fraction of sp³-hybridized carbons (Fsp3) is 0.684. The maximum atomic E-state index is 3.78. The lowest BCUT2D eigenvalue weighted by atomic mass is 9.94. The van der Waals surface area contributed by atoms with Crippen molar-refractivity contribution in [3.63, 3.8) is 0 Å². The van der Waals surface area contributed by atoms with Crippen LogP contribution < -0.4 is 5.32 Å². The molecule has 0 aliphatic heterocycles. The monoisotopic (exact) mass is 273 g/mol. The molecule has 0 radical (unpaired) electrons. The molecule has 0 aromatic heterocycles. The molecule has 0 amide bonds. The number of benzene rings is 1. The van der Waals surface area contributed by atoms with Gasteiger partial charge < -0.3 is 5.32 Å². The van der Waals surface area contributed by atoms with Crippen molar-refractivity contribution in [2.45, 2.75) is 71.3 Å². The zero-order valence-corrected chi connectivity index (χ0v) is 13.3. The number of hydrogen-bond acceptors (Lipinski definition) is 1. The summed E-state index contributed by atoms with van der Waals surface area (Å²) in [5, 5.41) is 3.78. The predicted octanol–water partition coefficient (Wildman–Crippen LogP) is 4.88. The molecule has 20 heavy (non-hydrogen) atoms. The maximum absolute atomic E-state index is 3.78. The number of rotatable bonds is 8. The Hall–Kier alpha value is -0.820. The van der Waals surface area contributed by atoms with E-state index in [2.05, 4.69) is 43.4 Å². The van der Waals surface area contributed by atoms with Crippen molar-refractivity contribution in [1.82, 2.24) is 5.32 Å². The lowest BCUT2D eigenvalue weighted by Crippen LogP contribution is -2.32.